The number of unbranched alkanes of at least 4 members (excludes halogenated alkanes) is 11. The summed E-state index contributed by atoms with van der Waals surface area (Å²) in [4.78, 5) is 75.9. The van der Waals surface area contributed by atoms with Crippen molar-refractivity contribution in [1.82, 2.24) is 29.7 Å². The van der Waals surface area contributed by atoms with Gasteiger partial charge in [0.2, 0.25) is 5.91 Å². The lowest BCUT2D eigenvalue weighted by atomic mass is 10.1. The van der Waals surface area contributed by atoms with Crippen LogP contribution in [0, 0.1) is 0 Å². The minimum atomic E-state index is -0.554. The second-order valence-electron chi connectivity index (χ2n) is 17.1. The maximum atomic E-state index is 13.2. The summed E-state index contributed by atoms with van der Waals surface area (Å²) in [6.45, 7) is 11.9. The smallest absolute Gasteiger partial charge is 0.407 e. The van der Waals surface area contributed by atoms with Crippen molar-refractivity contribution in [1.29, 1.82) is 0 Å². The Kier molecular flexibility index (Phi) is 25.7. The SMILES string of the molecule is CCCCCC/C=C/COC(=O)CCCCCCCCN(CCCCCC(=O)Nc1nc(OCCOC)nc2c1[nH]c(=O)n2Cc1ccc(C=O)cc1)CCCNC(=O)OC(C)(C)C. The van der Waals surface area contributed by atoms with Crippen LogP contribution in [0.15, 0.2) is 41.2 Å². The van der Waals surface area contributed by atoms with Crippen LogP contribution in [-0.2, 0) is 30.3 Å². The second-order valence-corrected chi connectivity index (χ2v) is 17.1. The number of aldehydes is 1. The van der Waals surface area contributed by atoms with Gasteiger partial charge in [0.25, 0.3) is 0 Å². The molecule has 64 heavy (non-hydrogen) atoms. The van der Waals surface area contributed by atoms with Gasteiger partial charge in [0.05, 0.1) is 13.2 Å². The molecule has 16 nitrogen and oxygen atoms in total. The van der Waals surface area contributed by atoms with Gasteiger partial charge in [0.1, 0.15) is 30.6 Å². The number of hydrogen-bond acceptors (Lipinski definition) is 12. The van der Waals surface area contributed by atoms with Crippen LogP contribution >= 0.6 is 0 Å². The fourth-order valence-corrected chi connectivity index (χ4v) is 6.95. The van der Waals surface area contributed by atoms with Gasteiger partial charge in [-0.1, -0.05) is 94.7 Å². The van der Waals surface area contributed by atoms with E-state index in [0.717, 1.165) is 95.7 Å². The Morgan fingerprint density at radius 1 is 0.828 bits per heavy atom. The van der Waals surface area contributed by atoms with Gasteiger partial charge >= 0.3 is 23.8 Å². The summed E-state index contributed by atoms with van der Waals surface area (Å²) < 4.78 is 22.9. The van der Waals surface area contributed by atoms with E-state index in [9.17, 15) is 24.0 Å². The number of imidazole rings is 1. The molecule has 3 aromatic rings. The molecule has 2 amide bonds. The van der Waals surface area contributed by atoms with Crippen LogP contribution in [0.5, 0.6) is 6.01 Å². The number of aromatic amines is 1. The normalized spacial score (nSPS) is 11.7. The summed E-state index contributed by atoms with van der Waals surface area (Å²) in [5.41, 5.74) is 0.877. The van der Waals surface area contributed by atoms with E-state index < -0.39 is 17.4 Å². The van der Waals surface area contributed by atoms with Crippen LogP contribution in [0.25, 0.3) is 11.2 Å². The van der Waals surface area contributed by atoms with E-state index in [0.29, 0.717) is 38.2 Å². The lowest BCUT2D eigenvalue weighted by molar-refractivity contribution is -0.142. The number of aromatic nitrogens is 4. The minimum Gasteiger partial charge on any atom is -0.461 e. The molecule has 16 heteroatoms. The molecule has 0 aliphatic rings. The molecule has 0 saturated heterocycles. The van der Waals surface area contributed by atoms with E-state index in [1.807, 2.05) is 26.8 Å². The topological polar surface area (TPSA) is 196 Å². The molecule has 0 atom stereocenters. The van der Waals surface area contributed by atoms with Gasteiger partial charge in [-0.2, -0.15) is 9.97 Å². The van der Waals surface area contributed by atoms with Crippen molar-refractivity contribution in [2.45, 2.75) is 149 Å². The third kappa shape index (κ3) is 22.5. The molecule has 3 N–H and O–H groups in total. The zero-order chi connectivity index (χ0) is 46.4. The number of allylic oxidation sites excluding steroid dienone is 1. The number of methoxy groups -OCH3 is 1. The van der Waals surface area contributed by atoms with Gasteiger partial charge in [-0.3, -0.25) is 19.0 Å². The highest BCUT2D eigenvalue weighted by Crippen LogP contribution is 2.22. The number of esters is 1. The number of carbonyl (C=O) groups excluding carboxylic acids is 4. The zero-order valence-corrected chi connectivity index (χ0v) is 39.2. The number of anilines is 1. The van der Waals surface area contributed by atoms with Crippen molar-refractivity contribution in [2.24, 2.45) is 0 Å². The third-order valence-corrected chi connectivity index (χ3v) is 10.4. The molecule has 1 aromatic carbocycles. The zero-order valence-electron chi connectivity index (χ0n) is 39.2. The first kappa shape index (κ1) is 53.2. The van der Waals surface area contributed by atoms with Crippen LogP contribution < -0.4 is 21.1 Å². The molecule has 356 valence electrons. The van der Waals surface area contributed by atoms with E-state index in [1.165, 1.54) is 30.3 Å². The summed E-state index contributed by atoms with van der Waals surface area (Å²) in [5, 5.41) is 5.72. The van der Waals surface area contributed by atoms with Gasteiger partial charge < -0.3 is 39.5 Å². The molecule has 0 aliphatic heterocycles. The third-order valence-electron chi connectivity index (χ3n) is 10.4. The Morgan fingerprint density at radius 2 is 1.50 bits per heavy atom. The highest BCUT2D eigenvalue weighted by atomic mass is 16.6. The standard InChI is InChI=1S/C48H75N7O9/c1-6-7-8-9-12-15-21-33-62-41(58)24-18-13-10-11-14-19-30-54(32-22-29-49-47(60)64-48(2,3)4)31-20-16-17-23-40(57)50-43-42-44(53-45(52-43)63-35-34-61-5)55(46(59)51-42)36-38-25-27-39(37-56)28-26-38/h15,21,25-28,37H,6-14,16-20,22-24,29-36H2,1-5H3,(H,49,60)(H,51,59)(H,50,52,53,57)/b21-15+. The van der Waals surface area contributed by atoms with Crippen molar-refractivity contribution in [3.63, 3.8) is 0 Å². The van der Waals surface area contributed by atoms with E-state index in [1.54, 1.807) is 31.4 Å². The highest BCUT2D eigenvalue weighted by molar-refractivity contribution is 5.97. The number of benzene rings is 1. The number of nitrogens with one attached hydrogen (secondary N) is 3. The van der Waals surface area contributed by atoms with Gasteiger partial charge in [-0.25, -0.2) is 9.59 Å². The summed E-state index contributed by atoms with van der Waals surface area (Å²) in [6, 6.07) is 6.88. The number of fused-ring (bicyclic) bond motifs is 1. The van der Waals surface area contributed by atoms with Crippen molar-refractivity contribution in [2.75, 3.05) is 58.4 Å². The summed E-state index contributed by atoms with van der Waals surface area (Å²) in [5.74, 6) is -0.225. The van der Waals surface area contributed by atoms with Gasteiger partial charge in [0, 0.05) is 32.1 Å². The summed E-state index contributed by atoms with van der Waals surface area (Å²) >= 11 is 0. The van der Waals surface area contributed by atoms with Gasteiger partial charge in [-0.15, -0.1) is 0 Å². The van der Waals surface area contributed by atoms with Crippen LogP contribution in [0.1, 0.15) is 153 Å². The minimum absolute atomic E-state index is 0.00509. The number of hydrogen-bond donors (Lipinski definition) is 3. The van der Waals surface area contributed by atoms with Gasteiger partial charge in [0.15, 0.2) is 11.5 Å². The van der Waals surface area contributed by atoms with Crippen molar-refractivity contribution in [3.8, 4) is 6.01 Å². The average Bonchev–Trinajstić information content (AvgIpc) is 3.57. The Bertz CT molecular complexity index is 1900. The fourth-order valence-electron chi connectivity index (χ4n) is 6.95. The highest BCUT2D eigenvalue weighted by Gasteiger charge is 2.19. The molecule has 0 saturated carbocycles. The molecule has 0 bridgehead atoms. The number of amides is 2. The second kappa shape index (κ2) is 30.9. The van der Waals surface area contributed by atoms with E-state index in [2.05, 4.69) is 43.5 Å². The first-order chi connectivity index (χ1) is 30.9. The maximum absolute atomic E-state index is 13.2. The molecule has 2 heterocycles. The average molecular weight is 894 g/mol. The Morgan fingerprint density at radius 3 is 2.20 bits per heavy atom. The van der Waals surface area contributed by atoms with Crippen LogP contribution in [0.4, 0.5) is 10.6 Å². The molecule has 0 fully saturated rings. The molecule has 0 radical (unpaired) electrons. The maximum Gasteiger partial charge on any atom is 0.407 e. The van der Waals surface area contributed by atoms with Crippen LogP contribution in [0.3, 0.4) is 0 Å². The first-order valence-corrected chi connectivity index (χ1v) is 23.4. The van der Waals surface area contributed by atoms with Gasteiger partial charge in [-0.05, 0) is 90.9 Å². The molecule has 2 aromatic heterocycles. The number of rotatable bonds is 34. The van der Waals surface area contributed by atoms with E-state index in [-0.39, 0.29) is 54.4 Å². The number of alkyl carbamates (subject to hydrolysis) is 1. The predicted molar refractivity (Wildman–Crippen MR) is 250 cm³/mol. The first-order valence-electron chi connectivity index (χ1n) is 23.4. The monoisotopic (exact) mass is 894 g/mol. The number of carbonyl (C=O) groups is 4. The lowest BCUT2D eigenvalue weighted by Gasteiger charge is -2.23. The molecule has 0 spiro atoms. The van der Waals surface area contributed by atoms with Crippen molar-refractivity contribution < 1.29 is 38.1 Å². The molecular weight excluding hydrogens is 819 g/mol. The fraction of sp³-hybridized carbons (Fsp3) is 0.646. The number of ether oxygens (including phenoxy) is 4. The van der Waals surface area contributed by atoms with E-state index in [4.69, 9.17) is 18.9 Å². The van der Waals surface area contributed by atoms with Crippen LogP contribution in [0.2, 0.25) is 0 Å². The number of nitrogens with zero attached hydrogens (tertiary/aromatic N) is 4. The van der Waals surface area contributed by atoms with Crippen molar-refractivity contribution >= 4 is 41.2 Å². The summed E-state index contributed by atoms with van der Waals surface area (Å²) in [6.07, 6.45) is 20.4. The molecular formula is C48H75N7O9. The van der Waals surface area contributed by atoms with Crippen LogP contribution in [-0.4, -0.2) is 107 Å². The van der Waals surface area contributed by atoms with E-state index >= 15 is 0 Å². The number of H-pyrrole nitrogens is 1. The quantitative estimate of drug-likeness (QED) is 0.0224. The largest absolute Gasteiger partial charge is 0.461 e. The lowest BCUT2D eigenvalue weighted by Crippen LogP contribution is -2.35. The predicted octanol–water partition coefficient (Wildman–Crippen LogP) is 8.52. The summed E-state index contributed by atoms with van der Waals surface area (Å²) in [7, 11) is 1.55. The molecule has 3 rings (SSSR count). The Labute approximate surface area is 379 Å². The Balaban J connectivity index is 1.45. The molecule has 0 unspecified atom stereocenters. The molecule has 0 aliphatic carbocycles. The Hall–Kier alpha value is -5.09. The van der Waals surface area contributed by atoms with Crippen molar-refractivity contribution in [3.05, 3.63) is 58.0 Å².